The highest BCUT2D eigenvalue weighted by Crippen LogP contribution is 2.47. The number of ether oxygens (including phenoxy) is 1. The zero-order valence-corrected chi connectivity index (χ0v) is 21.7. The van der Waals surface area contributed by atoms with Crippen molar-refractivity contribution >= 4 is 39.0 Å². The first kappa shape index (κ1) is 24.6. The number of halogens is 2. The van der Waals surface area contributed by atoms with E-state index in [1.807, 2.05) is 61.5 Å². The number of sulfonamides is 1. The van der Waals surface area contributed by atoms with Gasteiger partial charge in [-0.2, -0.15) is 0 Å². The normalized spacial score (nSPS) is 18.4. The maximum Gasteiger partial charge on any atom is 0.247 e. The van der Waals surface area contributed by atoms with Gasteiger partial charge < -0.3 is 4.74 Å². The highest BCUT2D eigenvalue weighted by Gasteiger charge is 2.44. The molecule has 0 fully saturated rings. The fourth-order valence-corrected chi connectivity index (χ4v) is 6.35. The van der Waals surface area contributed by atoms with Gasteiger partial charge in [0.1, 0.15) is 5.76 Å². The molecule has 0 radical (unpaired) electrons. The Labute approximate surface area is 221 Å². The van der Waals surface area contributed by atoms with Crippen molar-refractivity contribution in [3.8, 4) is 0 Å². The predicted molar refractivity (Wildman–Crippen MR) is 144 cm³/mol. The van der Waals surface area contributed by atoms with E-state index in [0.717, 1.165) is 11.1 Å². The lowest BCUT2D eigenvalue weighted by Gasteiger charge is -2.40. The van der Waals surface area contributed by atoms with Crippen molar-refractivity contribution in [3.05, 3.63) is 142 Å². The zero-order chi connectivity index (χ0) is 25.3. The van der Waals surface area contributed by atoms with E-state index >= 15 is 0 Å². The Morgan fingerprint density at radius 3 is 1.89 bits per heavy atom. The molecule has 0 spiro atoms. The van der Waals surface area contributed by atoms with Crippen LogP contribution >= 0.6 is 23.2 Å². The van der Waals surface area contributed by atoms with Crippen molar-refractivity contribution in [2.45, 2.75) is 24.1 Å². The van der Waals surface area contributed by atoms with Gasteiger partial charge in [0.15, 0.2) is 6.23 Å². The Hall–Kier alpha value is -3.09. The molecule has 0 aromatic heterocycles. The molecule has 0 amide bonds. The van der Waals surface area contributed by atoms with Gasteiger partial charge in [-0.25, -0.2) is 8.42 Å². The third kappa shape index (κ3) is 4.67. The maximum absolute atomic E-state index is 14.3. The molecule has 0 saturated carbocycles. The number of hydrogen-bond donors (Lipinski definition) is 0. The highest BCUT2D eigenvalue weighted by atomic mass is 35.5. The van der Waals surface area contributed by atoms with Gasteiger partial charge in [-0.3, -0.25) is 0 Å². The summed E-state index contributed by atoms with van der Waals surface area (Å²) in [5, 5.41) is 0.855. The lowest BCUT2D eigenvalue weighted by atomic mass is 10.0. The van der Waals surface area contributed by atoms with Crippen LogP contribution in [0.15, 0.2) is 114 Å². The summed E-state index contributed by atoms with van der Waals surface area (Å²) in [7, 11) is -4.07. The second kappa shape index (κ2) is 10.1. The molecule has 1 aliphatic heterocycles. The molecule has 4 aromatic carbocycles. The van der Waals surface area contributed by atoms with Crippen LogP contribution in [-0.4, -0.2) is 12.7 Å². The standard InChI is InChI=1S/C29H23Cl2NO3S/c1-20-15-17-22(18-16-20)36(33,34)32-27(23-11-5-7-13-25(23)30)19-28(21-9-3-2-4-10-21)35-29(32)24-12-6-8-14-26(24)31/h2-19,27,29H,1H3/t27-,29-/m0/s1. The summed E-state index contributed by atoms with van der Waals surface area (Å²) in [5.41, 5.74) is 2.96. The van der Waals surface area contributed by atoms with Crippen molar-refractivity contribution in [2.24, 2.45) is 0 Å². The lowest BCUT2D eigenvalue weighted by molar-refractivity contribution is 0.0296. The summed E-state index contributed by atoms with van der Waals surface area (Å²) in [6.45, 7) is 1.91. The topological polar surface area (TPSA) is 46.6 Å². The molecule has 36 heavy (non-hydrogen) atoms. The smallest absolute Gasteiger partial charge is 0.247 e. The van der Waals surface area contributed by atoms with Gasteiger partial charge in [-0.1, -0.05) is 108 Å². The Balaban J connectivity index is 1.78. The molecule has 1 aliphatic rings. The Bertz CT molecular complexity index is 1520. The van der Waals surface area contributed by atoms with E-state index in [9.17, 15) is 8.42 Å². The van der Waals surface area contributed by atoms with Crippen molar-refractivity contribution in [2.75, 3.05) is 0 Å². The molecular weight excluding hydrogens is 513 g/mol. The van der Waals surface area contributed by atoms with Crippen LogP contribution in [0.4, 0.5) is 0 Å². The van der Waals surface area contributed by atoms with Gasteiger partial charge in [-0.05, 0) is 42.8 Å². The predicted octanol–water partition coefficient (Wildman–Crippen LogP) is 7.80. The number of benzene rings is 4. The third-order valence-electron chi connectivity index (χ3n) is 6.10. The van der Waals surface area contributed by atoms with Crippen LogP contribution < -0.4 is 0 Å². The van der Waals surface area contributed by atoms with Crippen LogP contribution in [0, 0.1) is 6.92 Å². The summed E-state index contributed by atoms with van der Waals surface area (Å²) in [6, 6.07) is 29.9. The number of hydrogen-bond acceptors (Lipinski definition) is 3. The quantitative estimate of drug-likeness (QED) is 0.261. The van der Waals surface area contributed by atoms with Gasteiger partial charge in [0.25, 0.3) is 0 Å². The van der Waals surface area contributed by atoms with E-state index in [4.69, 9.17) is 27.9 Å². The summed E-state index contributed by atoms with van der Waals surface area (Å²) >= 11 is 13.3. The minimum atomic E-state index is -4.07. The van der Waals surface area contributed by atoms with Crippen molar-refractivity contribution < 1.29 is 13.2 Å². The molecule has 1 heterocycles. The molecule has 0 aliphatic carbocycles. The number of aryl methyl sites for hydroxylation is 1. The molecule has 7 heteroatoms. The van der Waals surface area contributed by atoms with Crippen LogP contribution in [0.25, 0.3) is 5.76 Å². The summed E-state index contributed by atoms with van der Waals surface area (Å²) < 4.78 is 36.3. The average Bonchev–Trinajstić information content (AvgIpc) is 2.89. The first-order valence-corrected chi connectivity index (χ1v) is 13.6. The van der Waals surface area contributed by atoms with Gasteiger partial charge >= 0.3 is 0 Å². The second-order valence-corrected chi connectivity index (χ2v) is 11.2. The van der Waals surface area contributed by atoms with Crippen LogP contribution in [0.2, 0.25) is 10.0 Å². The molecule has 0 N–H and O–H groups in total. The summed E-state index contributed by atoms with van der Waals surface area (Å²) in [4.78, 5) is 0.155. The minimum absolute atomic E-state index is 0.155. The van der Waals surface area contributed by atoms with Crippen molar-refractivity contribution in [3.63, 3.8) is 0 Å². The van der Waals surface area contributed by atoms with Crippen LogP contribution in [0.5, 0.6) is 0 Å². The van der Waals surface area contributed by atoms with E-state index in [1.165, 1.54) is 4.31 Å². The Kier molecular flexibility index (Phi) is 6.91. The van der Waals surface area contributed by atoms with E-state index in [2.05, 4.69) is 0 Å². The second-order valence-electron chi connectivity index (χ2n) is 8.50. The van der Waals surface area contributed by atoms with Gasteiger partial charge in [-0.15, -0.1) is 4.31 Å². The Morgan fingerprint density at radius 2 is 1.28 bits per heavy atom. The SMILES string of the molecule is Cc1ccc(S(=O)(=O)N2[C@H](c3ccccc3Cl)C=C(c3ccccc3)O[C@H]2c2ccccc2Cl)cc1. The number of rotatable bonds is 5. The van der Waals surface area contributed by atoms with Crippen LogP contribution in [0.3, 0.4) is 0 Å². The molecule has 5 rings (SSSR count). The monoisotopic (exact) mass is 535 g/mol. The van der Waals surface area contributed by atoms with Crippen molar-refractivity contribution in [1.82, 2.24) is 4.31 Å². The molecular formula is C29H23Cl2NO3S. The minimum Gasteiger partial charge on any atom is -0.469 e. The molecule has 0 bridgehead atoms. The molecule has 2 atom stereocenters. The van der Waals surface area contributed by atoms with Crippen LogP contribution in [-0.2, 0) is 14.8 Å². The first-order valence-electron chi connectivity index (χ1n) is 11.4. The van der Waals surface area contributed by atoms with E-state index in [1.54, 1.807) is 54.6 Å². The Morgan fingerprint density at radius 1 is 0.722 bits per heavy atom. The average molecular weight is 536 g/mol. The molecule has 4 nitrogen and oxygen atoms in total. The maximum atomic E-state index is 14.3. The van der Waals surface area contributed by atoms with Crippen LogP contribution in [0.1, 0.15) is 34.5 Å². The van der Waals surface area contributed by atoms with Gasteiger partial charge in [0.2, 0.25) is 10.0 Å². The van der Waals surface area contributed by atoms with E-state index < -0.39 is 22.3 Å². The molecule has 4 aromatic rings. The molecule has 182 valence electrons. The molecule has 0 saturated heterocycles. The third-order valence-corrected chi connectivity index (χ3v) is 8.63. The van der Waals surface area contributed by atoms with Gasteiger partial charge in [0, 0.05) is 21.2 Å². The van der Waals surface area contributed by atoms with Gasteiger partial charge in [0.05, 0.1) is 10.9 Å². The lowest BCUT2D eigenvalue weighted by Crippen LogP contribution is -2.41. The van der Waals surface area contributed by atoms with E-state index in [0.29, 0.717) is 26.9 Å². The molecule has 0 unspecified atom stereocenters. The fraction of sp³-hybridized carbons (Fsp3) is 0.103. The largest absolute Gasteiger partial charge is 0.469 e. The summed E-state index contributed by atoms with van der Waals surface area (Å²) in [5.74, 6) is 0.542. The summed E-state index contributed by atoms with van der Waals surface area (Å²) in [6.07, 6.45) is 0.766. The highest BCUT2D eigenvalue weighted by molar-refractivity contribution is 7.89. The van der Waals surface area contributed by atoms with E-state index in [-0.39, 0.29) is 4.90 Å². The van der Waals surface area contributed by atoms with Crippen molar-refractivity contribution in [1.29, 1.82) is 0 Å². The first-order chi connectivity index (χ1) is 17.4. The fourth-order valence-electron chi connectivity index (χ4n) is 4.27. The number of nitrogens with zero attached hydrogens (tertiary/aromatic N) is 1. The zero-order valence-electron chi connectivity index (χ0n) is 19.4.